The number of rotatable bonds is 11. The quantitative estimate of drug-likeness (QED) is 0.387. The molecule has 0 heterocycles. The van der Waals surface area contributed by atoms with Crippen molar-refractivity contribution in [1.29, 1.82) is 0 Å². The molecule has 2 aromatic rings. The molecule has 2 rings (SSSR count). The van der Waals surface area contributed by atoms with Crippen LogP contribution in [-0.4, -0.2) is 44.0 Å². The van der Waals surface area contributed by atoms with E-state index in [1.807, 2.05) is 0 Å². The van der Waals surface area contributed by atoms with E-state index in [9.17, 15) is 19.2 Å². The number of nitrogens with two attached hydrogens (primary N) is 1. The average molecular weight is 428 g/mol. The molecule has 0 aliphatic heterocycles. The Bertz CT molecular complexity index is 899. The maximum atomic E-state index is 12.1. The Morgan fingerprint density at radius 2 is 1.68 bits per heavy atom. The van der Waals surface area contributed by atoms with Crippen LogP contribution in [0, 0.1) is 0 Å². The maximum Gasteiger partial charge on any atom is 0.408 e. The van der Waals surface area contributed by atoms with Crippen LogP contribution in [0.2, 0.25) is 0 Å². The number of primary amides is 1. The van der Waals surface area contributed by atoms with Gasteiger partial charge in [0, 0.05) is 12.1 Å². The first-order valence-corrected chi connectivity index (χ1v) is 9.32. The van der Waals surface area contributed by atoms with Crippen molar-refractivity contribution in [1.82, 2.24) is 10.6 Å². The maximum absolute atomic E-state index is 12.1. The zero-order valence-electron chi connectivity index (χ0n) is 16.9. The molecule has 10 nitrogen and oxygen atoms in total. The molecular formula is C21H24N4O6. The minimum Gasteiger partial charge on any atom is -0.497 e. The second-order valence-corrected chi connectivity index (χ2v) is 6.47. The molecule has 0 saturated heterocycles. The van der Waals surface area contributed by atoms with Crippen LogP contribution in [-0.2, 0) is 32.1 Å². The predicted octanol–water partition coefficient (Wildman–Crippen LogP) is 0.703. The lowest BCUT2D eigenvalue weighted by Crippen LogP contribution is -2.46. The molecule has 0 aromatic heterocycles. The third-order valence-corrected chi connectivity index (χ3v) is 4.19. The minimum atomic E-state index is -0.932. The first-order chi connectivity index (χ1) is 14.9. The zero-order valence-corrected chi connectivity index (χ0v) is 16.9. The van der Waals surface area contributed by atoms with E-state index < -0.39 is 18.0 Å². The monoisotopic (exact) mass is 428 g/mol. The molecule has 5 N–H and O–H groups in total. The second kappa shape index (κ2) is 11.8. The van der Waals surface area contributed by atoms with Gasteiger partial charge in [0.05, 0.1) is 13.7 Å². The Labute approximate surface area is 179 Å². The van der Waals surface area contributed by atoms with E-state index in [0.717, 1.165) is 5.56 Å². The lowest BCUT2D eigenvalue weighted by Gasteiger charge is -2.16. The molecule has 1 unspecified atom stereocenters. The summed E-state index contributed by atoms with van der Waals surface area (Å²) < 4.78 is 10.2. The van der Waals surface area contributed by atoms with Crippen molar-refractivity contribution in [2.75, 3.05) is 19.0 Å². The van der Waals surface area contributed by atoms with E-state index in [1.165, 1.54) is 0 Å². The van der Waals surface area contributed by atoms with Gasteiger partial charge >= 0.3 is 6.09 Å². The number of hydrogen-bond donors (Lipinski definition) is 4. The van der Waals surface area contributed by atoms with E-state index in [0.29, 0.717) is 23.4 Å². The average Bonchev–Trinajstić information content (AvgIpc) is 2.77. The van der Waals surface area contributed by atoms with Crippen LogP contribution in [0.4, 0.5) is 10.5 Å². The van der Waals surface area contributed by atoms with Gasteiger partial charge in [0.2, 0.25) is 18.2 Å². The summed E-state index contributed by atoms with van der Waals surface area (Å²) in [5.41, 5.74) is 7.39. The summed E-state index contributed by atoms with van der Waals surface area (Å²) in [7, 11) is 1.55. The van der Waals surface area contributed by atoms with Gasteiger partial charge in [-0.3, -0.25) is 14.4 Å². The Kier molecular flexibility index (Phi) is 8.84. The number of benzene rings is 2. The molecule has 10 heteroatoms. The number of carbonyl (C=O) groups is 4. The molecular weight excluding hydrogens is 404 g/mol. The molecule has 0 aliphatic rings. The van der Waals surface area contributed by atoms with Crippen LogP contribution in [0.5, 0.6) is 5.75 Å². The molecule has 4 amide bonds. The molecule has 1 atom stereocenters. The highest BCUT2D eigenvalue weighted by Crippen LogP contribution is 2.13. The van der Waals surface area contributed by atoms with Crippen LogP contribution in [0.1, 0.15) is 11.1 Å². The number of anilines is 1. The van der Waals surface area contributed by atoms with Gasteiger partial charge in [-0.05, 0) is 35.4 Å². The topological polar surface area (TPSA) is 149 Å². The molecule has 0 radical (unpaired) electrons. The van der Waals surface area contributed by atoms with Gasteiger partial charge in [-0.15, -0.1) is 0 Å². The van der Waals surface area contributed by atoms with Crippen molar-refractivity contribution in [3.8, 4) is 5.75 Å². The molecule has 164 valence electrons. The molecule has 2 aromatic carbocycles. The van der Waals surface area contributed by atoms with E-state index in [2.05, 4.69) is 16.0 Å². The van der Waals surface area contributed by atoms with Crippen molar-refractivity contribution >= 4 is 30.0 Å². The lowest BCUT2D eigenvalue weighted by atomic mass is 10.1. The van der Waals surface area contributed by atoms with Gasteiger partial charge in [0.25, 0.3) is 0 Å². The highest BCUT2D eigenvalue weighted by Gasteiger charge is 2.19. The normalized spacial score (nSPS) is 11.0. The van der Waals surface area contributed by atoms with Crippen molar-refractivity contribution in [3.05, 3.63) is 59.7 Å². The van der Waals surface area contributed by atoms with E-state index in [-0.39, 0.29) is 25.5 Å². The third kappa shape index (κ3) is 8.05. The fourth-order valence-electron chi connectivity index (χ4n) is 2.58. The fraction of sp³-hybridized carbons (Fsp3) is 0.238. The SMILES string of the molecule is COc1ccc(CC(NC(=O)OCc2ccc(NC(=O)CNC=O)cc2)C(N)=O)cc1. The summed E-state index contributed by atoms with van der Waals surface area (Å²) in [5.74, 6) is -0.378. The van der Waals surface area contributed by atoms with Gasteiger partial charge in [-0.2, -0.15) is 0 Å². The number of ether oxygens (including phenoxy) is 2. The van der Waals surface area contributed by atoms with E-state index in [4.69, 9.17) is 15.2 Å². The molecule has 0 aliphatic carbocycles. The van der Waals surface area contributed by atoms with Gasteiger partial charge in [0.15, 0.2) is 0 Å². The Hall–Kier alpha value is -4.08. The smallest absolute Gasteiger partial charge is 0.408 e. The Morgan fingerprint density at radius 3 is 2.26 bits per heavy atom. The first kappa shape index (κ1) is 23.2. The number of carbonyl (C=O) groups excluding carboxylic acids is 4. The molecule has 31 heavy (non-hydrogen) atoms. The number of hydrogen-bond acceptors (Lipinski definition) is 6. The Morgan fingerprint density at radius 1 is 1.03 bits per heavy atom. The lowest BCUT2D eigenvalue weighted by molar-refractivity contribution is -0.120. The number of amides is 4. The highest BCUT2D eigenvalue weighted by atomic mass is 16.5. The van der Waals surface area contributed by atoms with Crippen molar-refractivity contribution in [3.63, 3.8) is 0 Å². The minimum absolute atomic E-state index is 0.0409. The summed E-state index contributed by atoms with van der Waals surface area (Å²) in [4.78, 5) is 45.5. The van der Waals surface area contributed by atoms with Crippen LogP contribution in [0.3, 0.4) is 0 Å². The summed E-state index contributed by atoms with van der Waals surface area (Å²) in [5, 5.41) is 7.32. The molecule has 0 spiro atoms. The van der Waals surface area contributed by atoms with Crippen LogP contribution < -0.4 is 26.4 Å². The summed E-state index contributed by atoms with van der Waals surface area (Å²) in [6, 6.07) is 12.7. The van der Waals surface area contributed by atoms with Crippen LogP contribution in [0.15, 0.2) is 48.5 Å². The predicted molar refractivity (Wildman–Crippen MR) is 112 cm³/mol. The molecule has 0 fully saturated rings. The molecule has 0 bridgehead atoms. The van der Waals surface area contributed by atoms with E-state index in [1.54, 1.807) is 55.6 Å². The highest BCUT2D eigenvalue weighted by molar-refractivity contribution is 5.93. The van der Waals surface area contributed by atoms with E-state index >= 15 is 0 Å². The molecule has 0 saturated carbocycles. The second-order valence-electron chi connectivity index (χ2n) is 6.47. The first-order valence-electron chi connectivity index (χ1n) is 9.32. The zero-order chi connectivity index (χ0) is 22.6. The number of nitrogens with one attached hydrogen (secondary N) is 3. The third-order valence-electron chi connectivity index (χ3n) is 4.19. The number of alkyl carbamates (subject to hydrolysis) is 1. The Balaban J connectivity index is 1.83. The van der Waals surface area contributed by atoms with Crippen molar-refractivity contribution in [2.24, 2.45) is 5.73 Å². The van der Waals surface area contributed by atoms with Gasteiger partial charge in [-0.1, -0.05) is 24.3 Å². The van der Waals surface area contributed by atoms with Crippen molar-refractivity contribution in [2.45, 2.75) is 19.1 Å². The van der Waals surface area contributed by atoms with Gasteiger partial charge < -0.3 is 31.2 Å². The van der Waals surface area contributed by atoms with Gasteiger partial charge in [-0.25, -0.2) is 4.79 Å². The summed E-state index contributed by atoms with van der Waals surface area (Å²) in [6.07, 6.45) is -0.137. The van der Waals surface area contributed by atoms with Gasteiger partial charge in [0.1, 0.15) is 18.4 Å². The largest absolute Gasteiger partial charge is 0.497 e. The fourth-order valence-corrected chi connectivity index (χ4v) is 2.58. The van der Waals surface area contributed by atoms with Crippen molar-refractivity contribution < 1.29 is 28.7 Å². The summed E-state index contributed by atoms with van der Waals surface area (Å²) in [6.45, 7) is -0.174. The summed E-state index contributed by atoms with van der Waals surface area (Å²) >= 11 is 0. The number of methoxy groups -OCH3 is 1. The van der Waals surface area contributed by atoms with Crippen LogP contribution in [0.25, 0.3) is 0 Å². The van der Waals surface area contributed by atoms with Crippen LogP contribution >= 0.6 is 0 Å². The standard InChI is InChI=1S/C21H24N4O6/c1-30-17-8-4-14(5-9-17)10-18(20(22)28)25-21(29)31-12-15-2-6-16(7-3-15)24-19(27)11-23-13-26/h2-9,13,18H,10-12H2,1H3,(H2,22,28)(H,23,26)(H,24,27)(H,25,29).